The van der Waals surface area contributed by atoms with Gasteiger partial charge in [-0.2, -0.15) is 0 Å². The fourth-order valence-corrected chi connectivity index (χ4v) is 2.45. The van der Waals surface area contributed by atoms with Crippen molar-refractivity contribution in [1.29, 1.82) is 0 Å². The van der Waals surface area contributed by atoms with Gasteiger partial charge < -0.3 is 10.6 Å². The van der Waals surface area contributed by atoms with E-state index in [2.05, 4.69) is 32.2 Å². The molecule has 0 radical (unpaired) electrons. The summed E-state index contributed by atoms with van der Waals surface area (Å²) in [5.74, 6) is -0.207. The minimum absolute atomic E-state index is 0.217. The van der Waals surface area contributed by atoms with E-state index in [4.69, 9.17) is 0 Å². The van der Waals surface area contributed by atoms with Crippen LogP contribution in [0.15, 0.2) is 66.1 Å². The molecule has 1 heterocycles. The molecule has 0 bridgehead atoms. The first-order chi connectivity index (χ1) is 14.0. The molecule has 0 aliphatic rings. The largest absolute Gasteiger partial charge is 0.326 e. The van der Waals surface area contributed by atoms with Gasteiger partial charge in [-0.3, -0.25) is 9.59 Å². The van der Waals surface area contributed by atoms with E-state index in [-0.39, 0.29) is 17.8 Å². The monoisotopic (exact) mass is 391 g/mol. The van der Waals surface area contributed by atoms with E-state index in [1.165, 1.54) is 18.5 Å². The third kappa shape index (κ3) is 6.49. The van der Waals surface area contributed by atoms with Crippen LogP contribution in [0.1, 0.15) is 42.6 Å². The van der Waals surface area contributed by atoms with Crippen molar-refractivity contribution < 1.29 is 9.59 Å². The van der Waals surface area contributed by atoms with E-state index in [1.807, 2.05) is 39.0 Å². The van der Waals surface area contributed by atoms with Crippen molar-refractivity contribution in [3.05, 3.63) is 72.2 Å². The molecule has 2 N–H and O–H groups in total. The summed E-state index contributed by atoms with van der Waals surface area (Å²) in [5.41, 5.74) is 3.43. The van der Waals surface area contributed by atoms with Gasteiger partial charge in [0.1, 0.15) is 0 Å². The second-order valence-corrected chi connectivity index (χ2v) is 6.21. The summed E-state index contributed by atoms with van der Waals surface area (Å²) in [6.45, 7) is 9.22. The van der Waals surface area contributed by atoms with Gasteiger partial charge in [0, 0.05) is 17.0 Å². The molecule has 0 atom stereocenters. The van der Waals surface area contributed by atoms with Crippen LogP contribution in [0.25, 0.3) is 0 Å². The highest BCUT2D eigenvalue weighted by molar-refractivity contribution is 6.05. The molecule has 0 aliphatic carbocycles. The maximum Gasteiger partial charge on any atom is 0.256 e. The van der Waals surface area contributed by atoms with E-state index < -0.39 is 0 Å². The number of nitrogens with one attached hydrogen (secondary N) is 2. The molecule has 7 heteroatoms. The van der Waals surface area contributed by atoms with E-state index in [0.717, 1.165) is 17.0 Å². The summed E-state index contributed by atoms with van der Waals surface area (Å²) in [4.78, 5) is 36.7. The lowest BCUT2D eigenvalue weighted by atomic mass is 10.1. The van der Waals surface area contributed by atoms with Crippen LogP contribution >= 0.6 is 0 Å². The van der Waals surface area contributed by atoms with E-state index >= 15 is 0 Å². The number of aryl methyl sites for hydroxylation is 1. The highest BCUT2D eigenvalue weighted by Crippen LogP contribution is 2.13. The van der Waals surface area contributed by atoms with Gasteiger partial charge in [-0.1, -0.05) is 38.6 Å². The van der Waals surface area contributed by atoms with Gasteiger partial charge in [-0.25, -0.2) is 15.0 Å². The second kappa shape index (κ2) is 10.7. The number of rotatable bonds is 8. The van der Waals surface area contributed by atoms with Crippen molar-refractivity contribution in [2.75, 3.05) is 5.32 Å². The predicted octanol–water partition coefficient (Wildman–Crippen LogP) is 4.12. The normalized spacial score (nSPS) is 11.7. The Morgan fingerprint density at radius 1 is 1.14 bits per heavy atom. The van der Waals surface area contributed by atoms with Crippen LogP contribution in [-0.2, 0) is 4.79 Å². The Kier molecular flexibility index (Phi) is 7.97. The SMILES string of the molecule is C=CC(=O)N/C(=C/C(CC)=Nc1ncc(NC(=O)c2ccccc2C)cn1)CC. The van der Waals surface area contributed by atoms with E-state index in [0.29, 0.717) is 24.1 Å². The van der Waals surface area contributed by atoms with Crippen molar-refractivity contribution in [3.63, 3.8) is 0 Å². The first-order valence-electron chi connectivity index (χ1n) is 9.37. The summed E-state index contributed by atoms with van der Waals surface area (Å²) < 4.78 is 0. The van der Waals surface area contributed by atoms with Crippen molar-refractivity contribution in [1.82, 2.24) is 15.3 Å². The zero-order valence-corrected chi connectivity index (χ0v) is 16.9. The number of hydrogen-bond acceptors (Lipinski definition) is 5. The number of carbonyl (C=O) groups excluding carboxylic acids is 2. The van der Waals surface area contributed by atoms with Crippen molar-refractivity contribution in [3.8, 4) is 0 Å². The van der Waals surface area contributed by atoms with Crippen LogP contribution < -0.4 is 10.6 Å². The first-order valence-corrected chi connectivity index (χ1v) is 9.37. The minimum Gasteiger partial charge on any atom is -0.326 e. The zero-order valence-electron chi connectivity index (χ0n) is 16.9. The Hall–Kier alpha value is -3.61. The summed E-state index contributed by atoms with van der Waals surface area (Å²) in [6.07, 6.45) is 7.34. The quantitative estimate of drug-likeness (QED) is 0.523. The van der Waals surface area contributed by atoms with Crippen molar-refractivity contribution in [2.24, 2.45) is 4.99 Å². The van der Waals surface area contributed by atoms with Gasteiger partial charge in [0.2, 0.25) is 11.9 Å². The van der Waals surface area contributed by atoms with Gasteiger partial charge in [0.25, 0.3) is 5.91 Å². The fourth-order valence-electron chi connectivity index (χ4n) is 2.45. The van der Waals surface area contributed by atoms with E-state index in [9.17, 15) is 9.59 Å². The number of amides is 2. The molecule has 0 spiro atoms. The average Bonchev–Trinajstić information content (AvgIpc) is 2.73. The molecule has 7 nitrogen and oxygen atoms in total. The highest BCUT2D eigenvalue weighted by atomic mass is 16.2. The van der Waals surface area contributed by atoms with E-state index in [1.54, 1.807) is 12.1 Å². The molecule has 0 saturated carbocycles. The molecule has 29 heavy (non-hydrogen) atoms. The summed E-state index contributed by atoms with van der Waals surface area (Å²) >= 11 is 0. The van der Waals surface area contributed by atoms with Crippen molar-refractivity contribution >= 4 is 29.2 Å². The fraction of sp³-hybridized carbons (Fsp3) is 0.227. The lowest BCUT2D eigenvalue weighted by Gasteiger charge is -2.07. The topological polar surface area (TPSA) is 96.3 Å². The van der Waals surface area contributed by atoms with Gasteiger partial charge in [0.15, 0.2) is 0 Å². The number of hydrogen-bond donors (Lipinski definition) is 2. The predicted molar refractivity (Wildman–Crippen MR) is 115 cm³/mol. The lowest BCUT2D eigenvalue weighted by molar-refractivity contribution is -0.115. The first kappa shape index (κ1) is 21.7. The molecule has 150 valence electrons. The molecule has 0 aliphatic heterocycles. The molecule has 1 aromatic carbocycles. The molecule has 0 saturated heterocycles. The average molecular weight is 391 g/mol. The molecule has 1 aromatic heterocycles. The van der Waals surface area contributed by atoms with Crippen LogP contribution in [0.5, 0.6) is 0 Å². The Bertz CT molecular complexity index is 946. The zero-order chi connectivity index (χ0) is 21.2. The van der Waals surface area contributed by atoms with Crippen LogP contribution in [-0.4, -0.2) is 27.5 Å². The Morgan fingerprint density at radius 3 is 2.41 bits per heavy atom. The number of aromatic nitrogens is 2. The summed E-state index contributed by atoms with van der Waals surface area (Å²) in [6, 6.07) is 7.35. The second-order valence-electron chi connectivity index (χ2n) is 6.21. The number of nitrogens with zero attached hydrogens (tertiary/aromatic N) is 3. The molecule has 2 amide bonds. The van der Waals surface area contributed by atoms with Crippen LogP contribution in [0.4, 0.5) is 11.6 Å². The standard InChI is InChI=1S/C22H25N5O2/c1-5-16(25-20(28)7-3)12-17(6-2)27-22-23-13-18(14-24-22)26-21(29)19-11-9-8-10-15(19)4/h7-14H,3,5-6H2,1-2,4H3,(H,25,28)(H,26,29)/b16-12+,27-17?. The van der Waals surface area contributed by atoms with Crippen LogP contribution in [0, 0.1) is 6.92 Å². The number of aliphatic imine (C=N–C) groups is 1. The van der Waals surface area contributed by atoms with Gasteiger partial charge >= 0.3 is 0 Å². The maximum atomic E-state index is 12.4. The Morgan fingerprint density at radius 2 is 1.83 bits per heavy atom. The Balaban J connectivity index is 2.13. The van der Waals surface area contributed by atoms with Gasteiger partial charge in [-0.05, 0) is 43.5 Å². The lowest BCUT2D eigenvalue weighted by Crippen LogP contribution is -2.20. The van der Waals surface area contributed by atoms with Gasteiger partial charge in [0.05, 0.1) is 18.1 Å². The molecule has 0 unspecified atom stereocenters. The third-order valence-corrected chi connectivity index (χ3v) is 4.08. The number of anilines is 1. The smallest absolute Gasteiger partial charge is 0.256 e. The Labute approximate surface area is 170 Å². The summed E-state index contributed by atoms with van der Waals surface area (Å²) in [7, 11) is 0. The highest BCUT2D eigenvalue weighted by Gasteiger charge is 2.09. The van der Waals surface area contributed by atoms with Crippen LogP contribution in [0.2, 0.25) is 0 Å². The van der Waals surface area contributed by atoms with Crippen LogP contribution in [0.3, 0.4) is 0 Å². The minimum atomic E-state index is -0.265. The van der Waals surface area contributed by atoms with Crippen molar-refractivity contribution in [2.45, 2.75) is 33.6 Å². The maximum absolute atomic E-state index is 12.4. The number of carbonyl (C=O) groups is 2. The molecular formula is C22H25N5O2. The molecular weight excluding hydrogens is 366 g/mol. The molecule has 2 rings (SSSR count). The number of benzene rings is 1. The van der Waals surface area contributed by atoms with Gasteiger partial charge in [-0.15, -0.1) is 0 Å². The third-order valence-electron chi connectivity index (χ3n) is 4.08. The number of allylic oxidation sites excluding steroid dienone is 2. The summed E-state index contributed by atoms with van der Waals surface area (Å²) in [5, 5.41) is 5.53. The molecule has 2 aromatic rings. The molecule has 0 fully saturated rings.